The van der Waals surface area contributed by atoms with Gasteiger partial charge in [-0.15, -0.1) is 0 Å². The van der Waals surface area contributed by atoms with Gasteiger partial charge in [0.15, 0.2) is 6.29 Å². The molecule has 1 saturated heterocycles. The molecule has 10 nitrogen and oxygen atoms in total. The van der Waals surface area contributed by atoms with Gasteiger partial charge in [0.1, 0.15) is 30.0 Å². The Balaban J connectivity index is 1.81. The van der Waals surface area contributed by atoms with Crippen molar-refractivity contribution in [2.24, 2.45) is 5.92 Å². The van der Waals surface area contributed by atoms with Crippen molar-refractivity contribution in [3.63, 3.8) is 0 Å². The fourth-order valence-electron chi connectivity index (χ4n) is 3.84. The van der Waals surface area contributed by atoms with Crippen LogP contribution in [0.4, 0.5) is 0 Å². The molecule has 0 aromatic rings. The zero-order valence-electron chi connectivity index (χ0n) is 13.5. The predicted octanol–water partition coefficient (Wildman–Crippen LogP) is -3.46. The molecule has 2 fully saturated rings. The molecule has 0 amide bonds. The molecule has 0 radical (unpaired) electrons. The smallest absolute Gasteiger partial charge is 0.210 e. The van der Waals surface area contributed by atoms with E-state index in [4.69, 9.17) is 14.2 Å². The van der Waals surface area contributed by atoms with Gasteiger partial charge in [0.25, 0.3) is 0 Å². The van der Waals surface area contributed by atoms with E-state index in [1.807, 2.05) is 0 Å². The van der Waals surface area contributed by atoms with Crippen LogP contribution in [-0.2, 0) is 14.2 Å². The van der Waals surface area contributed by atoms with E-state index in [9.17, 15) is 35.7 Å². The van der Waals surface area contributed by atoms with E-state index in [2.05, 4.69) is 0 Å². The molecule has 10 heteroatoms. The maximum Gasteiger partial charge on any atom is 0.210 e. The van der Waals surface area contributed by atoms with Crippen molar-refractivity contribution in [2.45, 2.75) is 67.6 Å². The first-order valence-electron chi connectivity index (χ1n) is 8.04. The van der Waals surface area contributed by atoms with Crippen LogP contribution in [0.1, 0.15) is 13.3 Å². The van der Waals surface area contributed by atoms with Crippen LogP contribution in [0.5, 0.6) is 0 Å². The lowest BCUT2D eigenvalue weighted by atomic mass is 9.81. The summed E-state index contributed by atoms with van der Waals surface area (Å²) in [7, 11) is 0. The summed E-state index contributed by atoms with van der Waals surface area (Å²) in [6.07, 6.45) is -7.87. The number of aliphatic hydroxyl groups is 7. The monoisotopic (exact) mass is 364 g/mol. The van der Waals surface area contributed by atoms with Gasteiger partial charge >= 0.3 is 0 Å². The summed E-state index contributed by atoms with van der Waals surface area (Å²) in [6, 6.07) is 0. The molecule has 0 bridgehead atoms. The Morgan fingerprint density at radius 2 is 1.76 bits per heavy atom. The van der Waals surface area contributed by atoms with E-state index >= 15 is 0 Å². The van der Waals surface area contributed by atoms with Crippen molar-refractivity contribution in [1.82, 2.24) is 0 Å². The van der Waals surface area contributed by atoms with Crippen molar-refractivity contribution in [2.75, 3.05) is 6.61 Å². The quantitative estimate of drug-likeness (QED) is 0.267. The minimum absolute atomic E-state index is 0.129. The Bertz CT molecular complexity index is 522. The van der Waals surface area contributed by atoms with Gasteiger partial charge in [-0.25, -0.2) is 0 Å². The molecule has 2 heterocycles. The summed E-state index contributed by atoms with van der Waals surface area (Å²) in [6.45, 7) is 0.783. The van der Waals surface area contributed by atoms with Crippen molar-refractivity contribution >= 4 is 0 Å². The third-order valence-corrected chi connectivity index (χ3v) is 5.25. The summed E-state index contributed by atoms with van der Waals surface area (Å²) in [5, 5.41) is 70.2. The van der Waals surface area contributed by atoms with Crippen molar-refractivity contribution < 1.29 is 50.0 Å². The van der Waals surface area contributed by atoms with Crippen molar-refractivity contribution in [3.8, 4) is 0 Å². The molecule has 0 spiro atoms. The fraction of sp³-hybridized carbons (Fsp3) is 0.867. The molecule has 25 heavy (non-hydrogen) atoms. The van der Waals surface area contributed by atoms with Crippen LogP contribution in [-0.4, -0.2) is 96.7 Å². The molecule has 7 N–H and O–H groups in total. The molecule has 2 aliphatic heterocycles. The van der Waals surface area contributed by atoms with Crippen LogP contribution in [0.15, 0.2) is 12.3 Å². The van der Waals surface area contributed by atoms with Crippen molar-refractivity contribution in [1.29, 1.82) is 0 Å². The Hall–Kier alpha value is -0.820. The van der Waals surface area contributed by atoms with Crippen molar-refractivity contribution in [3.05, 3.63) is 12.3 Å². The van der Waals surface area contributed by atoms with E-state index in [1.54, 1.807) is 0 Å². The van der Waals surface area contributed by atoms with Gasteiger partial charge in [-0.1, -0.05) is 0 Å². The maximum absolute atomic E-state index is 10.7. The summed E-state index contributed by atoms with van der Waals surface area (Å²) in [4.78, 5) is 0. The number of hydrogen-bond donors (Lipinski definition) is 7. The summed E-state index contributed by atoms with van der Waals surface area (Å²) in [5.74, 6) is -1.10. The van der Waals surface area contributed by atoms with Gasteiger partial charge in [0.2, 0.25) is 6.29 Å². The summed E-state index contributed by atoms with van der Waals surface area (Å²) < 4.78 is 16.0. The first-order valence-corrected chi connectivity index (χ1v) is 8.04. The number of fused-ring (bicyclic) bond motifs is 1. The van der Waals surface area contributed by atoms with Crippen LogP contribution in [0, 0.1) is 5.92 Å². The topological polar surface area (TPSA) is 169 Å². The molecule has 144 valence electrons. The second-order valence-electron chi connectivity index (χ2n) is 7.08. The van der Waals surface area contributed by atoms with Gasteiger partial charge in [0, 0.05) is 6.42 Å². The lowest BCUT2D eigenvalue weighted by Gasteiger charge is -2.45. The molecule has 0 aromatic heterocycles. The average molecular weight is 364 g/mol. The van der Waals surface area contributed by atoms with E-state index in [-0.39, 0.29) is 6.42 Å². The standard InChI is InChI=1S/C15H24O10/c1-14(21)4-7(17)15(22)2-3-23-13(11(14)15)25-12-10(20)9(19)8(18)6(5-16)24-12/h2-3,6-13,16-22H,4-5H2,1H3/t6-,7+,8-,9+,10-,11-,12+,13+,14+,15+/m1/s1. The molecule has 10 atom stereocenters. The van der Waals surface area contributed by atoms with Gasteiger partial charge in [-0.2, -0.15) is 0 Å². The molecule has 1 saturated carbocycles. The highest BCUT2D eigenvalue weighted by Gasteiger charge is 2.64. The van der Waals surface area contributed by atoms with Gasteiger partial charge in [0.05, 0.1) is 30.5 Å². The Morgan fingerprint density at radius 1 is 1.08 bits per heavy atom. The van der Waals surface area contributed by atoms with E-state index in [1.165, 1.54) is 13.0 Å². The number of aliphatic hydroxyl groups excluding tert-OH is 5. The highest BCUT2D eigenvalue weighted by molar-refractivity contribution is 5.21. The van der Waals surface area contributed by atoms with E-state index < -0.39 is 66.8 Å². The van der Waals surface area contributed by atoms with Gasteiger partial charge < -0.3 is 50.0 Å². The lowest BCUT2D eigenvalue weighted by Crippen LogP contribution is -2.61. The second-order valence-corrected chi connectivity index (χ2v) is 7.08. The Kier molecular flexibility index (Phi) is 4.86. The highest BCUT2D eigenvalue weighted by Crippen LogP contribution is 2.49. The van der Waals surface area contributed by atoms with Crippen LogP contribution >= 0.6 is 0 Å². The zero-order chi connectivity index (χ0) is 18.6. The molecular formula is C15H24O10. The Morgan fingerprint density at radius 3 is 2.40 bits per heavy atom. The predicted molar refractivity (Wildman–Crippen MR) is 78.6 cm³/mol. The first kappa shape index (κ1) is 19.0. The second kappa shape index (κ2) is 6.41. The molecule has 3 aliphatic rings. The SMILES string of the molecule is C[C@]1(O)C[C@H](O)[C@@]2(O)C=CO[C@@H](O[C@@H]3O[C@H](CO)[C@@H](O)[C@H](O)[C@H]3O)[C@@H]21. The third kappa shape index (κ3) is 2.97. The summed E-state index contributed by atoms with van der Waals surface area (Å²) in [5.41, 5.74) is -3.35. The lowest BCUT2D eigenvalue weighted by molar-refractivity contribution is -0.351. The van der Waals surface area contributed by atoms with E-state index in [0.29, 0.717) is 0 Å². The van der Waals surface area contributed by atoms with Crippen LogP contribution < -0.4 is 0 Å². The van der Waals surface area contributed by atoms with Crippen LogP contribution in [0.25, 0.3) is 0 Å². The van der Waals surface area contributed by atoms with Gasteiger partial charge in [-0.05, 0) is 13.0 Å². The fourth-order valence-corrected chi connectivity index (χ4v) is 3.84. The molecule has 1 aliphatic carbocycles. The van der Waals surface area contributed by atoms with Gasteiger partial charge in [-0.3, -0.25) is 0 Å². The molecular weight excluding hydrogens is 340 g/mol. The molecule has 0 unspecified atom stereocenters. The number of ether oxygens (including phenoxy) is 3. The van der Waals surface area contributed by atoms with E-state index in [0.717, 1.165) is 6.26 Å². The third-order valence-electron chi connectivity index (χ3n) is 5.25. The largest absolute Gasteiger partial charge is 0.472 e. The highest BCUT2D eigenvalue weighted by atomic mass is 16.8. The first-order chi connectivity index (χ1) is 11.6. The van der Waals surface area contributed by atoms with Crippen LogP contribution in [0.3, 0.4) is 0 Å². The minimum Gasteiger partial charge on any atom is -0.472 e. The normalized spacial score (nSPS) is 55.7. The zero-order valence-corrected chi connectivity index (χ0v) is 13.5. The molecule has 0 aromatic carbocycles. The average Bonchev–Trinajstić information content (AvgIpc) is 2.73. The minimum atomic E-state index is -1.81. The summed E-state index contributed by atoms with van der Waals surface area (Å²) >= 11 is 0. The maximum atomic E-state index is 10.7. The molecule has 3 rings (SSSR count). The number of rotatable bonds is 3. The Labute approximate surface area is 143 Å². The number of hydrogen-bond acceptors (Lipinski definition) is 10. The van der Waals surface area contributed by atoms with Crippen LogP contribution in [0.2, 0.25) is 0 Å².